The molecule has 0 aliphatic rings. The van der Waals surface area contributed by atoms with E-state index in [0.29, 0.717) is 5.69 Å². The standard InChI is InChI=1S/C21H23N3O6/c1-13(2)30-19(25)12-22-21(27)16-8-6-5-7-15(16)20(26)14-9-10-17(23(3)4)18(11-14)24(28)29/h5-11,13H,12H2,1-4H3,(H,22,27). The zero-order valence-corrected chi connectivity index (χ0v) is 17.2. The van der Waals surface area contributed by atoms with Crippen LogP contribution in [0.3, 0.4) is 0 Å². The Morgan fingerprint density at radius 3 is 2.30 bits per heavy atom. The monoisotopic (exact) mass is 413 g/mol. The number of carbonyl (C=O) groups excluding carboxylic acids is 3. The molecule has 0 spiro atoms. The largest absolute Gasteiger partial charge is 0.462 e. The summed E-state index contributed by atoms with van der Waals surface area (Å²) in [5.74, 6) is -1.77. The van der Waals surface area contributed by atoms with E-state index < -0.39 is 22.6 Å². The highest BCUT2D eigenvalue weighted by Gasteiger charge is 2.23. The molecule has 2 aromatic carbocycles. The second-order valence-electron chi connectivity index (χ2n) is 6.95. The highest BCUT2D eigenvalue weighted by Crippen LogP contribution is 2.29. The number of nitro benzene ring substituents is 1. The summed E-state index contributed by atoms with van der Waals surface area (Å²) in [6.07, 6.45) is -0.316. The molecule has 0 radical (unpaired) electrons. The quantitative estimate of drug-likeness (QED) is 0.306. The topological polar surface area (TPSA) is 119 Å². The van der Waals surface area contributed by atoms with Crippen LogP contribution < -0.4 is 10.2 Å². The summed E-state index contributed by atoms with van der Waals surface area (Å²) in [6, 6.07) is 10.2. The Bertz CT molecular complexity index is 984. The number of hydrogen-bond acceptors (Lipinski definition) is 7. The van der Waals surface area contributed by atoms with Crippen LogP contribution in [0.5, 0.6) is 0 Å². The third-order valence-electron chi connectivity index (χ3n) is 4.09. The molecule has 9 nitrogen and oxygen atoms in total. The molecule has 30 heavy (non-hydrogen) atoms. The van der Waals surface area contributed by atoms with Gasteiger partial charge in [0.15, 0.2) is 5.78 Å². The minimum absolute atomic E-state index is 0.0548. The second kappa shape index (κ2) is 9.64. The first kappa shape index (κ1) is 22.5. The first-order chi connectivity index (χ1) is 14.1. The Morgan fingerprint density at radius 1 is 1.10 bits per heavy atom. The molecular formula is C21H23N3O6. The fraction of sp³-hybridized carbons (Fsp3) is 0.286. The molecule has 158 valence electrons. The molecule has 0 saturated carbocycles. The lowest BCUT2D eigenvalue weighted by Gasteiger charge is -2.14. The summed E-state index contributed by atoms with van der Waals surface area (Å²) in [5.41, 5.74) is 0.334. The number of ether oxygens (including phenoxy) is 1. The highest BCUT2D eigenvalue weighted by molar-refractivity contribution is 6.15. The molecule has 0 heterocycles. The summed E-state index contributed by atoms with van der Waals surface area (Å²) in [4.78, 5) is 49.6. The number of nitro groups is 1. The number of esters is 1. The minimum atomic E-state index is -0.626. The van der Waals surface area contributed by atoms with E-state index in [0.717, 1.165) is 0 Å². The van der Waals surface area contributed by atoms with Gasteiger partial charge >= 0.3 is 5.97 Å². The van der Waals surface area contributed by atoms with E-state index in [1.54, 1.807) is 45.0 Å². The number of rotatable bonds is 8. The van der Waals surface area contributed by atoms with E-state index in [1.807, 2.05) is 0 Å². The maximum absolute atomic E-state index is 13.0. The van der Waals surface area contributed by atoms with Gasteiger partial charge in [0.25, 0.3) is 11.6 Å². The summed E-state index contributed by atoms with van der Waals surface area (Å²) >= 11 is 0. The van der Waals surface area contributed by atoms with Crippen LogP contribution in [0.4, 0.5) is 11.4 Å². The smallest absolute Gasteiger partial charge is 0.325 e. The minimum Gasteiger partial charge on any atom is -0.462 e. The van der Waals surface area contributed by atoms with E-state index in [-0.39, 0.29) is 35.0 Å². The maximum Gasteiger partial charge on any atom is 0.325 e. The van der Waals surface area contributed by atoms with Gasteiger partial charge in [0, 0.05) is 31.3 Å². The number of hydrogen-bond donors (Lipinski definition) is 1. The molecule has 0 unspecified atom stereocenters. The van der Waals surface area contributed by atoms with E-state index in [9.17, 15) is 24.5 Å². The molecule has 0 atom stereocenters. The van der Waals surface area contributed by atoms with Crippen molar-refractivity contribution in [3.05, 3.63) is 69.3 Å². The fourth-order valence-corrected chi connectivity index (χ4v) is 2.78. The number of nitrogens with one attached hydrogen (secondary N) is 1. The van der Waals surface area contributed by atoms with Crippen LogP contribution in [0.25, 0.3) is 0 Å². The summed E-state index contributed by atoms with van der Waals surface area (Å²) in [6.45, 7) is 3.03. The van der Waals surface area contributed by atoms with E-state index in [1.165, 1.54) is 30.3 Å². The van der Waals surface area contributed by atoms with Crippen molar-refractivity contribution >= 4 is 29.0 Å². The van der Waals surface area contributed by atoms with Crippen molar-refractivity contribution in [1.29, 1.82) is 0 Å². The van der Waals surface area contributed by atoms with Gasteiger partial charge < -0.3 is 15.0 Å². The van der Waals surface area contributed by atoms with Gasteiger partial charge in [-0.15, -0.1) is 0 Å². The van der Waals surface area contributed by atoms with Gasteiger partial charge in [-0.2, -0.15) is 0 Å². The normalized spacial score (nSPS) is 10.4. The van der Waals surface area contributed by atoms with Crippen molar-refractivity contribution in [2.75, 3.05) is 25.5 Å². The summed E-state index contributed by atoms with van der Waals surface area (Å²) < 4.78 is 4.96. The van der Waals surface area contributed by atoms with Crippen LogP contribution in [0.2, 0.25) is 0 Å². The first-order valence-corrected chi connectivity index (χ1v) is 9.19. The molecule has 2 rings (SSSR count). The van der Waals surface area contributed by atoms with Gasteiger partial charge in [0.2, 0.25) is 0 Å². The Labute approximate surface area is 173 Å². The average molecular weight is 413 g/mol. The van der Waals surface area contributed by atoms with Crippen molar-refractivity contribution in [1.82, 2.24) is 5.32 Å². The summed E-state index contributed by atoms with van der Waals surface area (Å²) in [5, 5.41) is 13.8. The summed E-state index contributed by atoms with van der Waals surface area (Å²) in [7, 11) is 3.32. The predicted molar refractivity (Wildman–Crippen MR) is 111 cm³/mol. The number of nitrogens with zero attached hydrogens (tertiary/aromatic N) is 2. The predicted octanol–water partition coefficient (Wildman–Crippen LogP) is 2.57. The molecular weight excluding hydrogens is 390 g/mol. The third-order valence-corrected chi connectivity index (χ3v) is 4.09. The molecule has 0 bridgehead atoms. The number of benzene rings is 2. The number of amides is 1. The van der Waals surface area contributed by atoms with Crippen molar-refractivity contribution in [3.8, 4) is 0 Å². The maximum atomic E-state index is 13.0. The molecule has 1 amide bonds. The van der Waals surface area contributed by atoms with Crippen LogP contribution in [-0.4, -0.2) is 49.3 Å². The molecule has 0 fully saturated rings. The Balaban J connectivity index is 2.32. The van der Waals surface area contributed by atoms with E-state index in [2.05, 4.69) is 5.32 Å². The van der Waals surface area contributed by atoms with Crippen LogP contribution in [0.1, 0.15) is 40.1 Å². The van der Waals surface area contributed by atoms with Gasteiger partial charge in [0.05, 0.1) is 16.6 Å². The SMILES string of the molecule is CC(C)OC(=O)CNC(=O)c1ccccc1C(=O)c1ccc(N(C)C)c([N+](=O)[O-])c1. The van der Waals surface area contributed by atoms with Gasteiger partial charge in [0.1, 0.15) is 12.2 Å². The van der Waals surface area contributed by atoms with Gasteiger partial charge in [-0.05, 0) is 32.0 Å². The van der Waals surface area contributed by atoms with Gasteiger partial charge in [-0.25, -0.2) is 0 Å². The van der Waals surface area contributed by atoms with E-state index in [4.69, 9.17) is 4.74 Å². The van der Waals surface area contributed by atoms with Crippen LogP contribution >= 0.6 is 0 Å². The van der Waals surface area contributed by atoms with Crippen LogP contribution in [0, 0.1) is 10.1 Å². The molecule has 9 heteroatoms. The average Bonchev–Trinajstić information content (AvgIpc) is 2.70. The van der Waals surface area contributed by atoms with Crippen LogP contribution in [0.15, 0.2) is 42.5 Å². The van der Waals surface area contributed by atoms with Crippen molar-refractivity contribution < 1.29 is 24.0 Å². The van der Waals surface area contributed by atoms with Gasteiger partial charge in [-0.3, -0.25) is 24.5 Å². The zero-order valence-electron chi connectivity index (χ0n) is 17.2. The lowest BCUT2D eigenvalue weighted by molar-refractivity contribution is -0.384. The highest BCUT2D eigenvalue weighted by atomic mass is 16.6. The Morgan fingerprint density at radius 2 is 1.73 bits per heavy atom. The van der Waals surface area contributed by atoms with Crippen molar-refractivity contribution in [3.63, 3.8) is 0 Å². The van der Waals surface area contributed by atoms with E-state index >= 15 is 0 Å². The van der Waals surface area contributed by atoms with Crippen molar-refractivity contribution in [2.45, 2.75) is 20.0 Å². The zero-order chi connectivity index (χ0) is 22.4. The van der Waals surface area contributed by atoms with Gasteiger partial charge in [-0.1, -0.05) is 18.2 Å². The lowest BCUT2D eigenvalue weighted by Crippen LogP contribution is -2.32. The molecule has 0 aliphatic carbocycles. The molecule has 2 aromatic rings. The number of ketones is 1. The third kappa shape index (κ3) is 5.40. The first-order valence-electron chi connectivity index (χ1n) is 9.19. The lowest BCUT2D eigenvalue weighted by atomic mass is 9.97. The fourth-order valence-electron chi connectivity index (χ4n) is 2.78. The molecule has 1 N–H and O–H groups in total. The Hall–Kier alpha value is -3.75. The second-order valence-corrected chi connectivity index (χ2v) is 6.95. The van der Waals surface area contributed by atoms with Crippen LogP contribution in [-0.2, 0) is 9.53 Å². The Kier molecular flexibility index (Phi) is 7.24. The van der Waals surface area contributed by atoms with Crippen molar-refractivity contribution in [2.24, 2.45) is 0 Å². The number of carbonyl (C=O) groups is 3. The molecule has 0 aliphatic heterocycles. The molecule has 0 aromatic heterocycles. The number of anilines is 1. The molecule has 0 saturated heterocycles.